The molecule has 0 fully saturated rings. The van der Waals surface area contributed by atoms with Crippen molar-refractivity contribution >= 4 is 39.8 Å². The molecule has 6 aromatic rings. The number of carbonyl (C=O) groups excluding carboxylic acids is 2. The van der Waals surface area contributed by atoms with Gasteiger partial charge in [-0.2, -0.15) is 4.98 Å². The summed E-state index contributed by atoms with van der Waals surface area (Å²) in [6.07, 6.45) is 3.85. The SMILES string of the molecule is COc1nc2c(OCc3c(C)ccc(N(C)C(=O)CNC(=O)CCc4cnc5[nH]c(=O)oc5c4)c3C)cccc2n1Cc1ccccn1. The van der Waals surface area contributed by atoms with Gasteiger partial charge in [0.1, 0.15) is 17.9 Å². The van der Waals surface area contributed by atoms with Gasteiger partial charge in [0.25, 0.3) is 6.01 Å². The highest BCUT2D eigenvalue weighted by atomic mass is 16.5. The minimum absolute atomic E-state index is 0.143. The van der Waals surface area contributed by atoms with Crippen molar-refractivity contribution in [2.75, 3.05) is 25.6 Å². The number of ether oxygens (including phenoxy) is 2. The van der Waals surface area contributed by atoms with E-state index in [1.54, 1.807) is 32.6 Å². The average Bonchev–Trinajstić information content (AvgIpc) is 3.65. The van der Waals surface area contributed by atoms with Crippen LogP contribution in [0, 0.1) is 13.8 Å². The Labute approximate surface area is 275 Å². The van der Waals surface area contributed by atoms with Crippen molar-refractivity contribution in [1.82, 2.24) is 29.8 Å². The zero-order valence-corrected chi connectivity index (χ0v) is 27.1. The van der Waals surface area contributed by atoms with Crippen LogP contribution in [0.4, 0.5) is 5.69 Å². The number of rotatable bonds is 12. The summed E-state index contributed by atoms with van der Waals surface area (Å²) in [5.41, 5.74) is 7.39. The largest absolute Gasteiger partial charge is 0.487 e. The number of methoxy groups -OCH3 is 1. The van der Waals surface area contributed by atoms with Gasteiger partial charge >= 0.3 is 5.76 Å². The molecule has 4 heterocycles. The highest BCUT2D eigenvalue weighted by Gasteiger charge is 2.19. The lowest BCUT2D eigenvalue weighted by molar-refractivity contribution is -0.124. The predicted octanol–water partition coefficient (Wildman–Crippen LogP) is 4.23. The number of oxazole rings is 1. The van der Waals surface area contributed by atoms with E-state index in [1.807, 2.05) is 66.9 Å². The van der Waals surface area contributed by atoms with Crippen molar-refractivity contribution in [2.45, 2.75) is 39.8 Å². The van der Waals surface area contributed by atoms with Gasteiger partial charge < -0.3 is 24.1 Å². The van der Waals surface area contributed by atoms with Crippen molar-refractivity contribution in [2.24, 2.45) is 0 Å². The van der Waals surface area contributed by atoms with Gasteiger partial charge in [-0.25, -0.2) is 9.78 Å². The number of carbonyl (C=O) groups is 2. The average molecular weight is 650 g/mol. The number of fused-ring (bicyclic) bond motifs is 2. The van der Waals surface area contributed by atoms with Crippen molar-refractivity contribution in [3.05, 3.63) is 105 Å². The third-order valence-corrected chi connectivity index (χ3v) is 8.26. The van der Waals surface area contributed by atoms with Gasteiger partial charge in [-0.05, 0) is 78.9 Å². The zero-order chi connectivity index (χ0) is 33.8. The molecule has 0 radical (unpaired) electrons. The number of aromatic nitrogens is 5. The number of pyridine rings is 2. The molecule has 0 saturated heterocycles. The second kappa shape index (κ2) is 13.8. The lowest BCUT2D eigenvalue weighted by Crippen LogP contribution is -2.38. The van der Waals surface area contributed by atoms with Gasteiger partial charge in [-0.15, -0.1) is 0 Å². The lowest BCUT2D eigenvalue weighted by Gasteiger charge is -2.23. The number of para-hydroxylation sites is 1. The summed E-state index contributed by atoms with van der Waals surface area (Å²) in [6, 6.07) is 17.5. The normalized spacial score (nSPS) is 11.2. The Balaban J connectivity index is 1.10. The lowest BCUT2D eigenvalue weighted by atomic mass is 10.0. The van der Waals surface area contributed by atoms with Gasteiger partial charge in [0.2, 0.25) is 11.8 Å². The van der Waals surface area contributed by atoms with Crippen molar-refractivity contribution < 1.29 is 23.5 Å². The van der Waals surface area contributed by atoms with E-state index in [0.29, 0.717) is 47.2 Å². The van der Waals surface area contributed by atoms with E-state index in [1.165, 1.54) is 4.90 Å². The van der Waals surface area contributed by atoms with E-state index in [0.717, 1.165) is 33.5 Å². The number of aromatic amines is 1. The maximum atomic E-state index is 13.1. The molecule has 0 unspecified atom stereocenters. The first kappa shape index (κ1) is 32.0. The van der Waals surface area contributed by atoms with Crippen LogP contribution in [0.25, 0.3) is 22.3 Å². The molecule has 48 heavy (non-hydrogen) atoms. The van der Waals surface area contributed by atoms with Crippen LogP contribution in [0.1, 0.15) is 34.4 Å². The molecule has 4 aromatic heterocycles. The molecule has 0 aliphatic carbocycles. The fourth-order valence-electron chi connectivity index (χ4n) is 5.58. The topological polar surface area (TPSA) is 157 Å². The second-order valence-corrected chi connectivity index (χ2v) is 11.4. The van der Waals surface area contributed by atoms with Crippen LogP contribution >= 0.6 is 0 Å². The molecule has 6 rings (SSSR count). The number of hydrogen-bond donors (Lipinski definition) is 2. The Morgan fingerprint density at radius 2 is 1.94 bits per heavy atom. The maximum absolute atomic E-state index is 13.1. The molecular weight excluding hydrogens is 614 g/mol. The number of anilines is 1. The highest BCUT2D eigenvalue weighted by Crippen LogP contribution is 2.32. The molecule has 0 spiro atoms. The Kier molecular flexibility index (Phi) is 9.19. The number of hydrogen-bond acceptors (Lipinski definition) is 9. The number of amides is 2. The fourth-order valence-corrected chi connectivity index (χ4v) is 5.58. The number of nitrogens with one attached hydrogen (secondary N) is 2. The van der Waals surface area contributed by atoms with E-state index >= 15 is 0 Å². The first-order valence-electron chi connectivity index (χ1n) is 15.4. The molecular formula is C35H35N7O6. The van der Waals surface area contributed by atoms with Gasteiger partial charge in [-0.1, -0.05) is 18.2 Å². The number of likely N-dealkylation sites (N-methyl/N-ethyl adjacent to an activating group) is 1. The summed E-state index contributed by atoms with van der Waals surface area (Å²) in [5.74, 6) is -0.529. The molecule has 13 nitrogen and oxygen atoms in total. The number of H-pyrrole nitrogens is 1. The summed E-state index contributed by atoms with van der Waals surface area (Å²) in [5, 5.41) is 2.70. The molecule has 246 valence electrons. The fraction of sp³-hybridized carbons (Fsp3) is 0.257. The highest BCUT2D eigenvalue weighted by molar-refractivity contribution is 5.97. The summed E-state index contributed by atoms with van der Waals surface area (Å²) in [7, 11) is 3.27. The Morgan fingerprint density at radius 3 is 2.73 bits per heavy atom. The third-order valence-electron chi connectivity index (χ3n) is 8.26. The Hall–Kier alpha value is -5.98. The molecule has 0 atom stereocenters. The monoisotopic (exact) mass is 649 g/mol. The quantitative estimate of drug-likeness (QED) is 0.198. The third kappa shape index (κ3) is 6.75. The Bertz CT molecular complexity index is 2170. The van der Waals surface area contributed by atoms with Crippen molar-refractivity contribution in [3.63, 3.8) is 0 Å². The molecule has 13 heteroatoms. The summed E-state index contributed by atoms with van der Waals surface area (Å²) in [4.78, 5) is 54.3. The molecule has 0 saturated carbocycles. The maximum Gasteiger partial charge on any atom is 0.418 e. The van der Waals surface area contributed by atoms with Gasteiger partial charge in [0.15, 0.2) is 11.2 Å². The van der Waals surface area contributed by atoms with E-state index in [-0.39, 0.29) is 31.4 Å². The van der Waals surface area contributed by atoms with E-state index in [4.69, 9.17) is 18.9 Å². The molecule has 2 N–H and O–H groups in total. The van der Waals surface area contributed by atoms with E-state index in [9.17, 15) is 14.4 Å². The van der Waals surface area contributed by atoms with Crippen LogP contribution in [0.2, 0.25) is 0 Å². The van der Waals surface area contributed by atoms with Gasteiger partial charge in [-0.3, -0.25) is 24.1 Å². The minimum Gasteiger partial charge on any atom is -0.487 e. The first-order valence-corrected chi connectivity index (χ1v) is 15.4. The van der Waals surface area contributed by atoms with Crippen molar-refractivity contribution in [3.8, 4) is 11.8 Å². The number of imidazole rings is 1. The summed E-state index contributed by atoms with van der Waals surface area (Å²) < 4.78 is 18.9. The van der Waals surface area contributed by atoms with Crippen LogP contribution < -0.4 is 25.4 Å². The zero-order valence-electron chi connectivity index (χ0n) is 27.1. The van der Waals surface area contributed by atoms with Crippen LogP contribution in [0.3, 0.4) is 0 Å². The van der Waals surface area contributed by atoms with E-state index in [2.05, 4.69) is 20.3 Å². The summed E-state index contributed by atoms with van der Waals surface area (Å²) >= 11 is 0. The second-order valence-electron chi connectivity index (χ2n) is 11.4. The van der Waals surface area contributed by atoms with Crippen LogP contribution in [-0.4, -0.2) is 57.0 Å². The van der Waals surface area contributed by atoms with E-state index < -0.39 is 5.76 Å². The molecule has 0 aliphatic rings. The molecule has 0 bridgehead atoms. The van der Waals surface area contributed by atoms with Gasteiger partial charge in [0.05, 0.1) is 31.4 Å². The van der Waals surface area contributed by atoms with Gasteiger partial charge in [0, 0.05) is 31.5 Å². The Morgan fingerprint density at radius 1 is 1.08 bits per heavy atom. The van der Waals surface area contributed by atoms with Crippen LogP contribution in [0.15, 0.2) is 76.2 Å². The van der Waals surface area contributed by atoms with Crippen molar-refractivity contribution in [1.29, 1.82) is 0 Å². The summed E-state index contributed by atoms with van der Waals surface area (Å²) in [6.45, 7) is 4.54. The molecule has 0 aliphatic heterocycles. The number of aryl methyl sites for hydroxylation is 2. The number of nitrogens with zero attached hydrogens (tertiary/aromatic N) is 5. The molecule has 2 aromatic carbocycles. The predicted molar refractivity (Wildman–Crippen MR) is 179 cm³/mol. The standard InChI is InChI=1S/C35H35N7O6/c1-21-11-13-26(41(3)31(44)18-37-30(43)14-12-23-16-29-33(38-17-23)40-35(45)48-29)22(2)25(21)20-47-28-10-7-9-27-32(28)39-34(46-4)42(27)19-24-8-5-6-15-36-24/h5-11,13,15-17H,12,14,18-20H2,1-4H3,(H,37,43)(H,38,40,45). The van der Waals surface area contributed by atoms with Crippen LogP contribution in [-0.2, 0) is 29.2 Å². The minimum atomic E-state index is -0.585. The number of benzene rings is 2. The first-order chi connectivity index (χ1) is 23.2. The smallest absolute Gasteiger partial charge is 0.418 e. The molecule has 2 amide bonds. The van der Waals surface area contributed by atoms with Crippen LogP contribution in [0.5, 0.6) is 11.8 Å².